The molecule has 0 aromatic carbocycles. The third-order valence-electron chi connectivity index (χ3n) is 1.67. The first-order chi connectivity index (χ1) is 6.83. The van der Waals surface area contributed by atoms with Crippen molar-refractivity contribution in [3.63, 3.8) is 0 Å². The number of halogens is 1. The number of rotatable bonds is 1. The number of nitrogens with two attached hydrogens (primary N) is 1. The molecule has 0 fully saturated rings. The lowest BCUT2D eigenvalue weighted by Gasteiger charge is -2.14. The number of amidine groups is 1. The van der Waals surface area contributed by atoms with E-state index in [1.807, 2.05) is 20.8 Å². The predicted molar refractivity (Wildman–Crippen MR) is 70.4 cm³/mol. The molecule has 3 nitrogen and oxygen atoms in total. The van der Waals surface area contributed by atoms with Crippen molar-refractivity contribution in [3.8, 4) is 0 Å². The van der Waals surface area contributed by atoms with Gasteiger partial charge in [-0.2, -0.15) is 0 Å². The Labute approximate surface area is 103 Å². The first-order valence-electron chi connectivity index (χ1n) is 4.66. The van der Waals surface area contributed by atoms with E-state index in [1.54, 1.807) is 11.3 Å². The van der Waals surface area contributed by atoms with E-state index in [0.29, 0.717) is 0 Å². The van der Waals surface area contributed by atoms with Gasteiger partial charge in [-0.15, -0.1) is 11.3 Å². The van der Waals surface area contributed by atoms with Crippen LogP contribution in [-0.2, 0) is 0 Å². The minimum Gasteiger partial charge on any atom is -0.308 e. The second-order valence-electron chi connectivity index (χ2n) is 4.34. The normalized spacial score (nSPS) is 13.1. The van der Waals surface area contributed by atoms with Crippen LogP contribution in [-0.4, -0.2) is 11.4 Å². The van der Waals surface area contributed by atoms with Gasteiger partial charge < -0.3 is 5.43 Å². The summed E-state index contributed by atoms with van der Waals surface area (Å²) >= 11 is 5.12. The maximum atomic E-state index is 5.48. The fourth-order valence-electron chi connectivity index (χ4n) is 1.07. The molecule has 84 valence electrons. The molecule has 1 aromatic heterocycles. The zero-order chi connectivity index (χ0) is 11.6. The molecule has 3 N–H and O–H groups in total. The van der Waals surface area contributed by atoms with Crippen molar-refractivity contribution in [1.29, 1.82) is 0 Å². The first-order valence-corrected chi connectivity index (χ1v) is 6.27. The second-order valence-corrected chi connectivity index (χ2v) is 6.71. The number of thiophene rings is 1. The van der Waals surface area contributed by atoms with Crippen molar-refractivity contribution in [3.05, 3.63) is 20.3 Å². The van der Waals surface area contributed by atoms with Gasteiger partial charge >= 0.3 is 0 Å². The number of aryl methyl sites for hydroxylation is 1. The Bertz CT molecular complexity index is 357. The molecule has 1 heterocycles. The van der Waals surface area contributed by atoms with E-state index in [0.717, 1.165) is 14.5 Å². The minimum atomic E-state index is -0.133. The average Bonchev–Trinajstić information content (AvgIpc) is 2.41. The Morgan fingerprint density at radius 2 is 2.13 bits per heavy atom. The van der Waals surface area contributed by atoms with Crippen LogP contribution < -0.4 is 11.3 Å². The molecule has 0 unspecified atom stereocenters. The monoisotopic (exact) mass is 289 g/mol. The summed E-state index contributed by atoms with van der Waals surface area (Å²) in [6.07, 6.45) is 0. The molecule has 1 aromatic rings. The van der Waals surface area contributed by atoms with Crippen LogP contribution in [0.25, 0.3) is 0 Å². The van der Waals surface area contributed by atoms with Gasteiger partial charge in [-0.05, 0) is 55.3 Å². The van der Waals surface area contributed by atoms with Crippen LogP contribution >= 0.6 is 27.3 Å². The van der Waals surface area contributed by atoms with Crippen molar-refractivity contribution >= 4 is 33.1 Å². The van der Waals surface area contributed by atoms with Crippen LogP contribution in [0.15, 0.2) is 14.8 Å². The molecule has 0 aliphatic heterocycles. The van der Waals surface area contributed by atoms with Crippen LogP contribution in [0.3, 0.4) is 0 Å². The lowest BCUT2D eigenvalue weighted by molar-refractivity contribution is 0.580. The summed E-state index contributed by atoms with van der Waals surface area (Å²) in [5.41, 5.74) is 3.72. The van der Waals surface area contributed by atoms with Gasteiger partial charge in [-0.1, -0.05) is 0 Å². The van der Waals surface area contributed by atoms with Crippen molar-refractivity contribution < 1.29 is 0 Å². The maximum Gasteiger partial charge on any atom is 0.153 e. The molecule has 0 bridgehead atoms. The summed E-state index contributed by atoms with van der Waals surface area (Å²) in [6.45, 7) is 8.18. The summed E-state index contributed by atoms with van der Waals surface area (Å²) in [6, 6.07) is 2.07. The fourth-order valence-corrected chi connectivity index (χ4v) is 2.56. The van der Waals surface area contributed by atoms with Gasteiger partial charge in [0.25, 0.3) is 0 Å². The second kappa shape index (κ2) is 4.63. The van der Waals surface area contributed by atoms with E-state index in [4.69, 9.17) is 5.84 Å². The lowest BCUT2D eigenvalue weighted by Crippen LogP contribution is -2.33. The summed E-state index contributed by atoms with van der Waals surface area (Å²) in [7, 11) is 0. The van der Waals surface area contributed by atoms with Crippen molar-refractivity contribution in [1.82, 2.24) is 5.43 Å². The predicted octanol–water partition coefficient (Wildman–Crippen LogP) is 2.83. The molecular weight excluding hydrogens is 274 g/mol. The number of hydrogen-bond donors (Lipinski definition) is 2. The molecule has 1 rings (SSSR count). The van der Waals surface area contributed by atoms with E-state index in [-0.39, 0.29) is 5.54 Å². The Kier molecular flexibility index (Phi) is 3.92. The van der Waals surface area contributed by atoms with Crippen LogP contribution in [0.4, 0.5) is 0 Å². The lowest BCUT2D eigenvalue weighted by atomic mass is 10.1. The molecule has 0 aliphatic rings. The third kappa shape index (κ3) is 3.59. The average molecular weight is 290 g/mol. The smallest absolute Gasteiger partial charge is 0.153 e. The Balaban J connectivity index is 3.08. The van der Waals surface area contributed by atoms with E-state index < -0.39 is 0 Å². The molecule has 0 spiro atoms. The highest BCUT2D eigenvalue weighted by atomic mass is 79.9. The van der Waals surface area contributed by atoms with Gasteiger partial charge in [0.15, 0.2) is 5.84 Å². The summed E-state index contributed by atoms with van der Waals surface area (Å²) in [5, 5.41) is 0. The SMILES string of the molecule is Cc1cc(C(=NC(C)(C)C)NN)sc1Br. The highest BCUT2D eigenvalue weighted by molar-refractivity contribution is 9.11. The molecule has 15 heavy (non-hydrogen) atoms. The van der Waals surface area contributed by atoms with E-state index in [2.05, 4.69) is 39.3 Å². The molecule has 0 aliphatic carbocycles. The molecule has 0 saturated carbocycles. The summed E-state index contributed by atoms with van der Waals surface area (Å²) in [5.74, 6) is 6.22. The molecule has 5 heteroatoms. The molecular formula is C10H16BrN3S. The van der Waals surface area contributed by atoms with Gasteiger partial charge in [0.05, 0.1) is 14.2 Å². The van der Waals surface area contributed by atoms with Gasteiger partial charge in [0.1, 0.15) is 0 Å². The van der Waals surface area contributed by atoms with Gasteiger partial charge in [-0.25, -0.2) is 5.84 Å². The Hall–Kier alpha value is -0.390. The van der Waals surface area contributed by atoms with Crippen LogP contribution in [0.1, 0.15) is 31.2 Å². The topological polar surface area (TPSA) is 50.4 Å². The van der Waals surface area contributed by atoms with Crippen molar-refractivity contribution in [2.45, 2.75) is 33.2 Å². The van der Waals surface area contributed by atoms with Crippen LogP contribution in [0, 0.1) is 6.92 Å². The number of nitrogens with one attached hydrogen (secondary N) is 1. The standard InChI is InChI=1S/C10H16BrN3S/c1-6-5-7(15-8(6)11)9(14-12)13-10(2,3)4/h5H,12H2,1-4H3,(H,13,14). The highest BCUT2D eigenvalue weighted by Gasteiger charge is 2.13. The highest BCUT2D eigenvalue weighted by Crippen LogP contribution is 2.27. The van der Waals surface area contributed by atoms with Gasteiger partial charge in [0, 0.05) is 0 Å². The van der Waals surface area contributed by atoms with E-state index >= 15 is 0 Å². The molecule has 0 atom stereocenters. The maximum absolute atomic E-state index is 5.48. The van der Waals surface area contributed by atoms with Crippen molar-refractivity contribution in [2.24, 2.45) is 10.8 Å². The quantitative estimate of drug-likeness (QED) is 0.362. The largest absolute Gasteiger partial charge is 0.308 e. The Morgan fingerprint density at radius 1 is 1.53 bits per heavy atom. The summed E-state index contributed by atoms with van der Waals surface area (Å²) < 4.78 is 1.12. The summed E-state index contributed by atoms with van der Waals surface area (Å²) in [4.78, 5) is 5.57. The number of nitrogens with zero attached hydrogens (tertiary/aromatic N) is 1. The minimum absolute atomic E-state index is 0.133. The third-order valence-corrected chi connectivity index (χ3v) is 3.82. The number of aliphatic imine (C=N–C) groups is 1. The fraction of sp³-hybridized carbons (Fsp3) is 0.500. The first kappa shape index (κ1) is 12.7. The Morgan fingerprint density at radius 3 is 2.47 bits per heavy atom. The van der Waals surface area contributed by atoms with Gasteiger partial charge in [-0.3, -0.25) is 4.99 Å². The van der Waals surface area contributed by atoms with Crippen LogP contribution in [0.5, 0.6) is 0 Å². The van der Waals surface area contributed by atoms with Crippen LogP contribution in [0.2, 0.25) is 0 Å². The van der Waals surface area contributed by atoms with E-state index in [1.165, 1.54) is 5.56 Å². The number of hydrazine groups is 1. The molecule has 0 saturated heterocycles. The zero-order valence-corrected chi connectivity index (χ0v) is 11.8. The van der Waals surface area contributed by atoms with Crippen molar-refractivity contribution in [2.75, 3.05) is 0 Å². The molecule has 0 radical (unpaired) electrons. The van der Waals surface area contributed by atoms with Gasteiger partial charge in [0.2, 0.25) is 0 Å². The number of hydrogen-bond acceptors (Lipinski definition) is 3. The zero-order valence-electron chi connectivity index (χ0n) is 9.39. The molecule has 0 amide bonds. The van der Waals surface area contributed by atoms with E-state index in [9.17, 15) is 0 Å².